The van der Waals surface area contributed by atoms with Gasteiger partial charge in [-0.1, -0.05) is 5.21 Å². The van der Waals surface area contributed by atoms with Gasteiger partial charge in [0.25, 0.3) is 0 Å². The quantitative estimate of drug-likeness (QED) is 0.790. The topological polar surface area (TPSA) is 57.0 Å². The molecule has 1 aliphatic carbocycles. The maximum Gasteiger partial charge on any atom is 0.360 e. The third-order valence-electron chi connectivity index (χ3n) is 2.97. The molecule has 0 fully saturated rings. The summed E-state index contributed by atoms with van der Waals surface area (Å²) in [4.78, 5) is 11.4. The number of esters is 1. The summed E-state index contributed by atoms with van der Waals surface area (Å²) in [5.41, 5.74) is 0.407. The van der Waals surface area contributed by atoms with E-state index in [2.05, 4.69) is 15.0 Å². The molecule has 0 atom stereocenters. The van der Waals surface area contributed by atoms with Crippen LogP contribution in [0.4, 0.5) is 8.78 Å². The van der Waals surface area contributed by atoms with E-state index in [1.54, 1.807) is 6.92 Å². The number of aromatic nitrogens is 3. The molecule has 0 N–H and O–H groups in total. The van der Waals surface area contributed by atoms with Crippen LogP contribution in [0.1, 0.15) is 29.0 Å². The molecule has 19 heavy (non-hydrogen) atoms. The normalized spacial score (nSPS) is 15.5. The van der Waals surface area contributed by atoms with E-state index in [1.165, 1.54) is 17.9 Å². The van der Waals surface area contributed by atoms with Crippen molar-refractivity contribution in [3.8, 4) is 0 Å². The first kappa shape index (κ1) is 13.4. The minimum Gasteiger partial charge on any atom is -0.464 e. The molecule has 1 aromatic rings. The molecule has 0 aromatic carbocycles. The Labute approximate surface area is 108 Å². The van der Waals surface area contributed by atoms with E-state index in [-0.39, 0.29) is 24.2 Å². The van der Waals surface area contributed by atoms with E-state index in [0.29, 0.717) is 12.1 Å². The molecule has 0 aliphatic heterocycles. The zero-order valence-electron chi connectivity index (χ0n) is 10.6. The van der Waals surface area contributed by atoms with Crippen LogP contribution in [-0.4, -0.2) is 28.1 Å². The maximum atomic E-state index is 13.6. The smallest absolute Gasteiger partial charge is 0.360 e. The van der Waals surface area contributed by atoms with Crippen molar-refractivity contribution in [3.63, 3.8) is 0 Å². The number of hydrogen-bond donors (Lipinski definition) is 0. The lowest BCUT2D eigenvalue weighted by atomic mass is 10.0. The van der Waals surface area contributed by atoms with Gasteiger partial charge >= 0.3 is 5.97 Å². The van der Waals surface area contributed by atoms with Gasteiger partial charge in [0.1, 0.15) is 11.7 Å². The van der Waals surface area contributed by atoms with Gasteiger partial charge in [0.15, 0.2) is 5.69 Å². The first-order valence-electron chi connectivity index (χ1n) is 5.76. The third kappa shape index (κ3) is 2.54. The summed E-state index contributed by atoms with van der Waals surface area (Å²) in [5, 5.41) is 7.37. The largest absolute Gasteiger partial charge is 0.464 e. The summed E-state index contributed by atoms with van der Waals surface area (Å²) < 4.78 is 33.0. The average Bonchev–Trinajstić information content (AvgIpc) is 2.75. The van der Waals surface area contributed by atoms with Gasteiger partial charge in [-0.25, -0.2) is 18.3 Å². The van der Waals surface area contributed by atoms with Gasteiger partial charge in [0.05, 0.1) is 19.3 Å². The van der Waals surface area contributed by atoms with Crippen molar-refractivity contribution in [2.24, 2.45) is 0 Å². The number of allylic oxidation sites excluding steroid dienone is 4. The van der Waals surface area contributed by atoms with Gasteiger partial charge in [-0.05, 0) is 19.4 Å². The molecule has 0 saturated carbocycles. The third-order valence-corrected chi connectivity index (χ3v) is 2.97. The highest BCUT2D eigenvalue weighted by atomic mass is 19.1. The number of hydrogen-bond acceptors (Lipinski definition) is 4. The molecule has 102 valence electrons. The van der Waals surface area contributed by atoms with Crippen LogP contribution in [0.2, 0.25) is 0 Å². The summed E-state index contributed by atoms with van der Waals surface area (Å²) in [7, 11) is 1.23. The zero-order valence-corrected chi connectivity index (χ0v) is 10.6. The lowest BCUT2D eigenvalue weighted by Crippen LogP contribution is -2.10. The van der Waals surface area contributed by atoms with E-state index in [9.17, 15) is 13.6 Å². The number of methoxy groups -OCH3 is 1. The molecule has 1 aliphatic rings. The Morgan fingerprint density at radius 1 is 1.53 bits per heavy atom. The number of ether oxygens (including phenoxy) is 1. The van der Waals surface area contributed by atoms with Crippen LogP contribution in [0.25, 0.3) is 0 Å². The SMILES string of the molecule is COC(=O)c1nnn(CC2=C(F)CCC=C2F)c1C. The maximum absolute atomic E-state index is 13.6. The molecule has 5 nitrogen and oxygen atoms in total. The van der Waals surface area contributed by atoms with Gasteiger partial charge in [0, 0.05) is 12.0 Å². The van der Waals surface area contributed by atoms with Gasteiger partial charge in [-0.2, -0.15) is 0 Å². The number of carbonyl (C=O) groups is 1. The van der Waals surface area contributed by atoms with Crippen LogP contribution in [-0.2, 0) is 11.3 Å². The average molecular weight is 269 g/mol. The Morgan fingerprint density at radius 2 is 2.26 bits per heavy atom. The van der Waals surface area contributed by atoms with E-state index in [4.69, 9.17) is 0 Å². The molecule has 0 saturated heterocycles. The molecule has 1 aromatic heterocycles. The molecular weight excluding hydrogens is 256 g/mol. The van der Waals surface area contributed by atoms with Crippen molar-refractivity contribution in [2.75, 3.05) is 7.11 Å². The monoisotopic (exact) mass is 269 g/mol. The summed E-state index contributed by atoms with van der Waals surface area (Å²) in [5.74, 6) is -1.70. The predicted octanol–water partition coefficient (Wildman–Crippen LogP) is 2.24. The molecular formula is C12H13F2N3O2. The molecule has 7 heteroatoms. The molecule has 0 spiro atoms. The molecule has 1 heterocycles. The molecule has 0 amide bonds. The fourth-order valence-electron chi connectivity index (χ4n) is 1.84. The highest BCUT2D eigenvalue weighted by Crippen LogP contribution is 2.28. The van der Waals surface area contributed by atoms with E-state index < -0.39 is 17.6 Å². The highest BCUT2D eigenvalue weighted by Gasteiger charge is 2.21. The minimum absolute atomic E-state index is 0.0451. The number of carbonyl (C=O) groups excluding carboxylic acids is 1. The molecule has 0 bridgehead atoms. The van der Waals surface area contributed by atoms with Crippen molar-refractivity contribution in [2.45, 2.75) is 26.3 Å². The van der Waals surface area contributed by atoms with Crippen molar-refractivity contribution < 1.29 is 18.3 Å². The first-order chi connectivity index (χ1) is 9.04. The Morgan fingerprint density at radius 3 is 2.89 bits per heavy atom. The Hall–Kier alpha value is -2.05. The van der Waals surface area contributed by atoms with Crippen LogP contribution in [0, 0.1) is 6.92 Å². The Balaban J connectivity index is 2.28. The van der Waals surface area contributed by atoms with Crippen LogP contribution >= 0.6 is 0 Å². The predicted molar refractivity (Wildman–Crippen MR) is 62.7 cm³/mol. The number of halogens is 2. The van der Waals surface area contributed by atoms with Gasteiger partial charge in [-0.3, -0.25) is 0 Å². The van der Waals surface area contributed by atoms with Crippen LogP contribution < -0.4 is 0 Å². The van der Waals surface area contributed by atoms with Gasteiger partial charge in [0.2, 0.25) is 0 Å². The van der Waals surface area contributed by atoms with E-state index in [1.807, 2.05) is 0 Å². The number of rotatable bonds is 3. The van der Waals surface area contributed by atoms with Gasteiger partial charge in [-0.15, -0.1) is 5.10 Å². The summed E-state index contributed by atoms with van der Waals surface area (Å²) in [6.45, 7) is 1.50. The fraction of sp³-hybridized carbons (Fsp3) is 0.417. The minimum atomic E-state index is -0.627. The summed E-state index contributed by atoms with van der Waals surface area (Å²) in [6.07, 6.45) is 1.87. The number of nitrogens with zero attached hydrogens (tertiary/aromatic N) is 3. The Bertz CT molecular complexity index is 576. The van der Waals surface area contributed by atoms with Crippen molar-refractivity contribution >= 4 is 5.97 Å². The Kier molecular flexibility index (Phi) is 3.73. The van der Waals surface area contributed by atoms with Crippen molar-refractivity contribution in [1.29, 1.82) is 0 Å². The van der Waals surface area contributed by atoms with Crippen molar-refractivity contribution in [1.82, 2.24) is 15.0 Å². The van der Waals surface area contributed by atoms with E-state index in [0.717, 1.165) is 0 Å². The highest BCUT2D eigenvalue weighted by molar-refractivity contribution is 5.88. The molecule has 2 rings (SSSR count). The van der Waals surface area contributed by atoms with E-state index >= 15 is 0 Å². The second-order valence-electron chi connectivity index (χ2n) is 4.15. The summed E-state index contributed by atoms with van der Waals surface area (Å²) >= 11 is 0. The first-order valence-corrected chi connectivity index (χ1v) is 5.76. The summed E-state index contributed by atoms with van der Waals surface area (Å²) in [6, 6.07) is 0. The van der Waals surface area contributed by atoms with Crippen LogP contribution in [0.5, 0.6) is 0 Å². The lowest BCUT2D eigenvalue weighted by Gasteiger charge is -2.12. The second kappa shape index (κ2) is 5.29. The van der Waals surface area contributed by atoms with Crippen LogP contribution in [0.3, 0.4) is 0 Å². The molecule has 0 radical (unpaired) electrons. The standard InChI is InChI=1S/C12H13F2N3O2/c1-7-11(12(18)19-2)15-16-17(7)6-8-9(13)4-3-5-10(8)14/h4H,3,5-6H2,1-2H3. The van der Waals surface area contributed by atoms with Gasteiger partial charge < -0.3 is 4.74 Å². The second-order valence-corrected chi connectivity index (χ2v) is 4.15. The zero-order chi connectivity index (χ0) is 14.0. The lowest BCUT2D eigenvalue weighted by molar-refractivity contribution is 0.0593. The van der Waals surface area contributed by atoms with Crippen molar-refractivity contribution in [3.05, 3.63) is 34.7 Å². The molecule has 0 unspecified atom stereocenters. The fourth-order valence-corrected chi connectivity index (χ4v) is 1.84. The van der Waals surface area contributed by atoms with Crippen LogP contribution in [0.15, 0.2) is 23.3 Å².